The summed E-state index contributed by atoms with van der Waals surface area (Å²) >= 11 is 0. The first-order chi connectivity index (χ1) is 10.1. The summed E-state index contributed by atoms with van der Waals surface area (Å²) in [5.74, 6) is -0.0991. The quantitative estimate of drug-likeness (QED) is 0.852. The molecule has 0 amide bonds. The minimum Gasteiger partial charge on any atom is -0.270 e. The SMILES string of the molecule is O=S(=O)(Cc1cnn(CCF)c1)c1ccc2c(c1)CCC2. The summed E-state index contributed by atoms with van der Waals surface area (Å²) in [6, 6.07) is 5.40. The normalized spacial score (nSPS) is 14.3. The number of fused-ring (bicyclic) bond motifs is 1. The average Bonchev–Trinajstić information content (AvgIpc) is 3.07. The largest absolute Gasteiger partial charge is 0.270 e. The third-order valence-corrected chi connectivity index (χ3v) is 5.47. The Kier molecular flexibility index (Phi) is 3.80. The summed E-state index contributed by atoms with van der Waals surface area (Å²) < 4.78 is 38.6. The van der Waals surface area contributed by atoms with E-state index in [1.165, 1.54) is 16.4 Å². The molecule has 0 atom stereocenters. The number of nitrogens with zero attached hydrogens (tertiary/aromatic N) is 2. The molecule has 1 aliphatic carbocycles. The van der Waals surface area contributed by atoms with E-state index >= 15 is 0 Å². The van der Waals surface area contributed by atoms with Gasteiger partial charge in [0.05, 0.1) is 23.4 Å². The monoisotopic (exact) mass is 308 g/mol. The minimum absolute atomic E-state index is 0.0991. The maximum absolute atomic E-state index is 12.5. The Morgan fingerprint density at radius 1 is 1.24 bits per heavy atom. The van der Waals surface area contributed by atoms with Crippen molar-refractivity contribution in [1.29, 1.82) is 0 Å². The van der Waals surface area contributed by atoms with Gasteiger partial charge in [-0.2, -0.15) is 5.10 Å². The summed E-state index contributed by atoms with van der Waals surface area (Å²) in [6.07, 6.45) is 6.15. The van der Waals surface area contributed by atoms with Crippen LogP contribution in [-0.2, 0) is 35.0 Å². The van der Waals surface area contributed by atoms with Crippen LogP contribution < -0.4 is 0 Å². The number of hydrogen-bond acceptors (Lipinski definition) is 3. The third kappa shape index (κ3) is 3.00. The van der Waals surface area contributed by atoms with Crippen molar-refractivity contribution in [2.45, 2.75) is 36.5 Å². The van der Waals surface area contributed by atoms with Crippen LogP contribution in [0.4, 0.5) is 4.39 Å². The molecule has 1 heterocycles. The van der Waals surface area contributed by atoms with Gasteiger partial charge in [0.25, 0.3) is 0 Å². The maximum Gasteiger partial charge on any atom is 0.182 e. The number of sulfone groups is 1. The van der Waals surface area contributed by atoms with Crippen molar-refractivity contribution in [3.05, 3.63) is 47.3 Å². The van der Waals surface area contributed by atoms with Crippen LogP contribution in [0.3, 0.4) is 0 Å². The molecular weight excluding hydrogens is 291 g/mol. The molecular formula is C15H17FN2O2S. The standard InChI is InChI=1S/C15H17FN2O2S/c16-6-7-18-10-12(9-17-18)11-21(19,20)15-5-4-13-2-1-3-14(13)8-15/h4-5,8-10H,1-3,6-7,11H2. The maximum atomic E-state index is 12.5. The predicted molar refractivity (Wildman–Crippen MR) is 77.6 cm³/mol. The first-order valence-electron chi connectivity index (χ1n) is 7.00. The Morgan fingerprint density at radius 3 is 2.86 bits per heavy atom. The second-order valence-electron chi connectivity index (χ2n) is 5.34. The summed E-state index contributed by atoms with van der Waals surface area (Å²) in [4.78, 5) is 0.362. The molecule has 4 nitrogen and oxygen atoms in total. The fraction of sp³-hybridized carbons (Fsp3) is 0.400. The van der Waals surface area contributed by atoms with Crippen LogP contribution in [0.5, 0.6) is 0 Å². The van der Waals surface area contributed by atoms with Crippen LogP contribution in [0.15, 0.2) is 35.5 Å². The van der Waals surface area contributed by atoms with Crippen LogP contribution in [0.25, 0.3) is 0 Å². The van der Waals surface area contributed by atoms with E-state index in [4.69, 9.17) is 0 Å². The van der Waals surface area contributed by atoms with E-state index in [0.717, 1.165) is 24.8 Å². The topological polar surface area (TPSA) is 52.0 Å². The second kappa shape index (κ2) is 5.60. The fourth-order valence-corrected chi connectivity index (χ4v) is 4.09. The molecule has 0 aliphatic heterocycles. The zero-order valence-electron chi connectivity index (χ0n) is 11.6. The van der Waals surface area contributed by atoms with Gasteiger partial charge in [-0.3, -0.25) is 4.68 Å². The number of aromatic nitrogens is 2. The highest BCUT2D eigenvalue weighted by Gasteiger charge is 2.19. The Hall–Kier alpha value is -1.69. The highest BCUT2D eigenvalue weighted by Crippen LogP contribution is 2.26. The Morgan fingerprint density at radius 2 is 2.05 bits per heavy atom. The number of halogens is 1. The van der Waals surface area contributed by atoms with E-state index in [1.807, 2.05) is 6.07 Å². The summed E-state index contributed by atoms with van der Waals surface area (Å²) in [7, 11) is -3.38. The van der Waals surface area contributed by atoms with Crippen LogP contribution in [0, 0.1) is 0 Å². The van der Waals surface area contributed by atoms with Crippen molar-refractivity contribution in [1.82, 2.24) is 9.78 Å². The van der Waals surface area contributed by atoms with Gasteiger partial charge in [0.2, 0.25) is 0 Å². The van der Waals surface area contributed by atoms with Crippen LogP contribution >= 0.6 is 0 Å². The molecule has 0 saturated heterocycles. The van der Waals surface area contributed by atoms with Gasteiger partial charge in [0.15, 0.2) is 9.84 Å². The van der Waals surface area contributed by atoms with Gasteiger partial charge in [0, 0.05) is 11.8 Å². The van der Waals surface area contributed by atoms with E-state index in [1.54, 1.807) is 18.3 Å². The molecule has 0 unspecified atom stereocenters. The predicted octanol–water partition coefficient (Wildman–Crippen LogP) is 2.32. The molecule has 1 aliphatic rings. The molecule has 3 rings (SSSR count). The van der Waals surface area contributed by atoms with E-state index in [0.29, 0.717) is 10.5 Å². The van der Waals surface area contributed by atoms with Crippen molar-refractivity contribution in [2.24, 2.45) is 0 Å². The summed E-state index contributed by atoms with van der Waals surface area (Å²) in [6.45, 7) is -0.364. The Labute approximate surface area is 123 Å². The fourth-order valence-electron chi connectivity index (χ4n) is 2.73. The van der Waals surface area contributed by atoms with Crippen molar-refractivity contribution >= 4 is 9.84 Å². The van der Waals surface area contributed by atoms with E-state index in [9.17, 15) is 12.8 Å². The van der Waals surface area contributed by atoms with Crippen molar-refractivity contribution in [3.8, 4) is 0 Å². The molecule has 0 saturated carbocycles. The molecule has 21 heavy (non-hydrogen) atoms. The van der Waals surface area contributed by atoms with Gasteiger partial charge in [-0.1, -0.05) is 6.07 Å². The minimum atomic E-state index is -3.38. The van der Waals surface area contributed by atoms with Crippen molar-refractivity contribution in [2.75, 3.05) is 6.67 Å². The van der Waals surface area contributed by atoms with Gasteiger partial charge < -0.3 is 0 Å². The average molecular weight is 308 g/mol. The molecule has 0 bridgehead atoms. The molecule has 0 N–H and O–H groups in total. The molecule has 0 radical (unpaired) electrons. The lowest BCUT2D eigenvalue weighted by atomic mass is 10.1. The van der Waals surface area contributed by atoms with E-state index < -0.39 is 16.5 Å². The smallest absolute Gasteiger partial charge is 0.182 e. The van der Waals surface area contributed by atoms with Gasteiger partial charge in [-0.05, 0) is 42.5 Å². The molecule has 6 heteroatoms. The van der Waals surface area contributed by atoms with Crippen molar-refractivity contribution in [3.63, 3.8) is 0 Å². The molecule has 1 aromatic heterocycles. The lowest BCUT2D eigenvalue weighted by molar-refractivity contribution is 0.427. The Balaban J connectivity index is 1.82. The highest BCUT2D eigenvalue weighted by atomic mass is 32.2. The first kappa shape index (κ1) is 14.3. The molecule has 1 aromatic carbocycles. The molecule has 0 fully saturated rings. The number of alkyl halides is 1. The highest BCUT2D eigenvalue weighted by molar-refractivity contribution is 7.90. The lowest BCUT2D eigenvalue weighted by Crippen LogP contribution is -2.05. The number of rotatable bonds is 5. The summed E-state index contributed by atoms with van der Waals surface area (Å²) in [5.41, 5.74) is 2.98. The van der Waals surface area contributed by atoms with Crippen molar-refractivity contribution < 1.29 is 12.8 Å². The van der Waals surface area contributed by atoms with E-state index in [-0.39, 0.29) is 12.3 Å². The van der Waals surface area contributed by atoms with Crippen LogP contribution in [0.2, 0.25) is 0 Å². The zero-order valence-corrected chi connectivity index (χ0v) is 12.4. The number of benzene rings is 1. The molecule has 0 spiro atoms. The second-order valence-corrected chi connectivity index (χ2v) is 7.33. The number of hydrogen-bond donors (Lipinski definition) is 0. The third-order valence-electron chi connectivity index (χ3n) is 3.79. The van der Waals surface area contributed by atoms with Crippen LogP contribution in [0.1, 0.15) is 23.1 Å². The van der Waals surface area contributed by atoms with Gasteiger partial charge in [0.1, 0.15) is 6.67 Å². The molecule has 112 valence electrons. The summed E-state index contributed by atoms with van der Waals surface area (Å²) in [5, 5.41) is 3.95. The Bertz CT molecular complexity index is 753. The number of aryl methyl sites for hydroxylation is 3. The van der Waals surface area contributed by atoms with Gasteiger partial charge in [-0.25, -0.2) is 12.8 Å². The van der Waals surface area contributed by atoms with Crippen LogP contribution in [-0.4, -0.2) is 24.9 Å². The lowest BCUT2D eigenvalue weighted by Gasteiger charge is -2.06. The molecule has 2 aromatic rings. The zero-order chi connectivity index (χ0) is 14.9. The first-order valence-corrected chi connectivity index (χ1v) is 8.65. The van der Waals surface area contributed by atoms with Gasteiger partial charge >= 0.3 is 0 Å². The van der Waals surface area contributed by atoms with E-state index in [2.05, 4.69) is 5.10 Å². The van der Waals surface area contributed by atoms with Gasteiger partial charge in [-0.15, -0.1) is 0 Å².